The van der Waals surface area contributed by atoms with Crippen LogP contribution in [-0.4, -0.2) is 27.0 Å². The quantitative estimate of drug-likeness (QED) is 0.357. The zero-order chi connectivity index (χ0) is 8.85. The van der Waals surface area contributed by atoms with Crippen molar-refractivity contribution >= 4 is 0 Å². The highest BCUT2D eigenvalue weighted by Crippen LogP contribution is 2.05. The third-order valence-corrected chi connectivity index (χ3v) is 2.67. The van der Waals surface area contributed by atoms with Gasteiger partial charge in [-0.25, -0.2) is 0 Å². The van der Waals surface area contributed by atoms with E-state index >= 15 is 0 Å². The van der Waals surface area contributed by atoms with Crippen molar-refractivity contribution in [2.75, 3.05) is 6.61 Å². The van der Waals surface area contributed by atoms with Gasteiger partial charge < -0.3 is 15.9 Å². The van der Waals surface area contributed by atoms with Crippen molar-refractivity contribution in [3.05, 3.63) is 0 Å². The number of nitrogens with two attached hydrogens (primary N) is 1. The SMILES string of the molecule is C[C@@H](CO)CCC(N)C(O)[IH+]. The summed E-state index contributed by atoms with van der Waals surface area (Å²) in [5.41, 5.74) is 5.59. The highest BCUT2D eigenvalue weighted by Gasteiger charge is 2.18. The summed E-state index contributed by atoms with van der Waals surface area (Å²) in [5.74, 6) is 0.293. The first-order valence-corrected chi connectivity index (χ1v) is 5.12. The molecule has 0 aromatic carbocycles. The van der Waals surface area contributed by atoms with Crippen LogP contribution in [0.4, 0.5) is 0 Å². The fourth-order valence-corrected chi connectivity index (χ4v) is 1.10. The third kappa shape index (κ3) is 5.84. The highest BCUT2D eigenvalue weighted by atomic mass is 127. The van der Waals surface area contributed by atoms with Gasteiger partial charge in [-0.05, 0) is 18.8 Å². The molecule has 68 valence electrons. The van der Waals surface area contributed by atoms with Crippen LogP contribution >= 0.6 is 0 Å². The molecule has 0 aromatic heterocycles. The minimum Gasteiger partial charge on any atom is -0.396 e. The van der Waals surface area contributed by atoms with Gasteiger partial charge in [0.2, 0.25) is 0 Å². The van der Waals surface area contributed by atoms with Crippen LogP contribution in [0.1, 0.15) is 19.8 Å². The van der Waals surface area contributed by atoms with Gasteiger partial charge in [0.1, 0.15) is 0 Å². The molecule has 0 aliphatic carbocycles. The summed E-state index contributed by atoms with van der Waals surface area (Å²) in [6.07, 6.45) is 1.66. The third-order valence-electron chi connectivity index (χ3n) is 1.67. The molecular formula is C7H17INO2+. The van der Waals surface area contributed by atoms with E-state index in [1.807, 2.05) is 6.92 Å². The van der Waals surface area contributed by atoms with E-state index in [4.69, 9.17) is 15.9 Å². The van der Waals surface area contributed by atoms with Crippen molar-refractivity contribution < 1.29 is 32.8 Å². The van der Waals surface area contributed by atoms with Gasteiger partial charge in [0.05, 0.1) is 6.04 Å². The molecule has 2 unspecified atom stereocenters. The first-order valence-electron chi connectivity index (χ1n) is 3.78. The Morgan fingerprint density at radius 2 is 2.00 bits per heavy atom. The van der Waals surface area contributed by atoms with Crippen LogP contribution in [0.5, 0.6) is 0 Å². The molecule has 0 fully saturated rings. The van der Waals surface area contributed by atoms with E-state index in [2.05, 4.69) is 0 Å². The normalized spacial score (nSPS) is 19.4. The van der Waals surface area contributed by atoms with Crippen molar-refractivity contribution in [3.8, 4) is 0 Å². The Hall–Kier alpha value is 0.610. The summed E-state index contributed by atoms with van der Waals surface area (Å²) < 4.78 is -0.434. The van der Waals surface area contributed by atoms with E-state index in [1.54, 1.807) is 22.6 Å². The molecule has 0 saturated heterocycles. The van der Waals surface area contributed by atoms with Crippen molar-refractivity contribution in [3.63, 3.8) is 0 Å². The molecule has 0 spiro atoms. The fraction of sp³-hybridized carbons (Fsp3) is 1.00. The summed E-state index contributed by atoms with van der Waals surface area (Å²) in [6.45, 7) is 2.17. The van der Waals surface area contributed by atoms with Crippen LogP contribution in [0, 0.1) is 5.92 Å². The minimum absolute atomic E-state index is 0.145. The summed E-state index contributed by atoms with van der Waals surface area (Å²) in [5, 5.41) is 17.7. The summed E-state index contributed by atoms with van der Waals surface area (Å²) >= 11 is 1.62. The van der Waals surface area contributed by atoms with E-state index in [-0.39, 0.29) is 12.6 Å². The van der Waals surface area contributed by atoms with Gasteiger partial charge in [-0.2, -0.15) is 0 Å². The van der Waals surface area contributed by atoms with E-state index in [0.717, 1.165) is 12.8 Å². The summed E-state index contributed by atoms with van der Waals surface area (Å²) in [7, 11) is 0. The molecule has 4 heteroatoms. The topological polar surface area (TPSA) is 66.5 Å². The Labute approximate surface area is 81.1 Å². The van der Waals surface area contributed by atoms with E-state index in [9.17, 15) is 0 Å². The number of hydrogen-bond acceptors (Lipinski definition) is 3. The Bertz CT molecular complexity index is 100. The molecular weight excluding hydrogens is 257 g/mol. The van der Waals surface area contributed by atoms with Crippen molar-refractivity contribution in [2.24, 2.45) is 11.7 Å². The molecule has 0 amide bonds. The monoisotopic (exact) mass is 274 g/mol. The molecule has 3 atom stereocenters. The van der Waals surface area contributed by atoms with Crippen LogP contribution in [-0.2, 0) is 0 Å². The first-order chi connectivity index (χ1) is 5.07. The van der Waals surface area contributed by atoms with Crippen LogP contribution in [0.15, 0.2) is 0 Å². The second-order valence-electron chi connectivity index (χ2n) is 2.92. The van der Waals surface area contributed by atoms with Gasteiger partial charge in [-0.15, -0.1) is 0 Å². The first kappa shape index (κ1) is 11.6. The van der Waals surface area contributed by atoms with Crippen LogP contribution in [0.3, 0.4) is 0 Å². The maximum Gasteiger partial charge on any atom is 0.288 e. The molecule has 3 nitrogen and oxygen atoms in total. The predicted molar refractivity (Wildman–Crippen MR) is 40.9 cm³/mol. The average molecular weight is 274 g/mol. The lowest BCUT2D eigenvalue weighted by Gasteiger charge is -2.11. The molecule has 0 aliphatic rings. The molecule has 0 bridgehead atoms. The number of rotatable bonds is 5. The predicted octanol–water partition coefficient (Wildman–Crippen LogP) is -3.67. The Morgan fingerprint density at radius 1 is 1.45 bits per heavy atom. The molecule has 4 N–H and O–H groups in total. The largest absolute Gasteiger partial charge is 0.396 e. The second-order valence-corrected chi connectivity index (χ2v) is 4.30. The summed E-state index contributed by atoms with van der Waals surface area (Å²) in [4.78, 5) is 0. The lowest BCUT2D eigenvalue weighted by molar-refractivity contribution is -0.487. The summed E-state index contributed by atoms with van der Waals surface area (Å²) in [6, 6.07) is -0.145. The number of hydrogen-bond donors (Lipinski definition) is 3. The second kappa shape index (κ2) is 6.16. The molecule has 0 rings (SSSR count). The Balaban J connectivity index is 3.37. The molecule has 11 heavy (non-hydrogen) atoms. The fourth-order valence-electron chi connectivity index (χ4n) is 0.711. The molecule has 0 saturated carbocycles. The maximum absolute atomic E-state index is 9.02. The van der Waals surface area contributed by atoms with Gasteiger partial charge in [-0.1, -0.05) is 6.92 Å². The zero-order valence-corrected chi connectivity index (χ0v) is 9.06. The van der Waals surface area contributed by atoms with Gasteiger partial charge in [0.25, 0.3) is 26.7 Å². The number of aliphatic hydroxyl groups is 2. The van der Waals surface area contributed by atoms with Crippen molar-refractivity contribution in [1.82, 2.24) is 0 Å². The molecule has 0 radical (unpaired) electrons. The van der Waals surface area contributed by atoms with Crippen LogP contribution < -0.4 is 28.3 Å². The van der Waals surface area contributed by atoms with E-state index in [0.29, 0.717) is 5.92 Å². The van der Waals surface area contributed by atoms with Gasteiger partial charge in [0, 0.05) is 6.61 Å². The van der Waals surface area contributed by atoms with E-state index in [1.165, 1.54) is 0 Å². The minimum atomic E-state index is -0.434. The Morgan fingerprint density at radius 3 is 2.36 bits per heavy atom. The standard InChI is InChI=1S/C7H17INO2/c1-5(4-10)2-3-6(9)7(8)11/h5-8,10-11H,2-4,9H2,1H3/q+1/t5-,6?,7?/m1/s1. The van der Waals surface area contributed by atoms with Crippen LogP contribution in [0.25, 0.3) is 0 Å². The van der Waals surface area contributed by atoms with Gasteiger partial charge >= 0.3 is 0 Å². The van der Waals surface area contributed by atoms with Crippen molar-refractivity contribution in [1.29, 1.82) is 0 Å². The maximum atomic E-state index is 9.02. The van der Waals surface area contributed by atoms with Crippen LogP contribution in [0.2, 0.25) is 0 Å². The van der Waals surface area contributed by atoms with Gasteiger partial charge in [-0.3, -0.25) is 0 Å². The molecule has 0 aromatic rings. The zero-order valence-electron chi connectivity index (χ0n) is 6.73. The van der Waals surface area contributed by atoms with E-state index < -0.39 is 4.11 Å². The molecule has 0 aliphatic heterocycles. The Kier molecular flexibility index (Phi) is 6.50. The number of halogens is 1. The smallest absolute Gasteiger partial charge is 0.288 e. The lowest BCUT2D eigenvalue weighted by atomic mass is 10.0. The lowest BCUT2D eigenvalue weighted by Crippen LogP contribution is -3.40. The molecule has 0 heterocycles. The highest BCUT2D eigenvalue weighted by molar-refractivity contribution is 4.63. The number of aliphatic hydroxyl groups excluding tert-OH is 2. The average Bonchev–Trinajstić information content (AvgIpc) is 1.99. The van der Waals surface area contributed by atoms with Crippen molar-refractivity contribution in [2.45, 2.75) is 29.9 Å². The van der Waals surface area contributed by atoms with Gasteiger partial charge in [0.15, 0.2) is 0 Å². The number of alkyl halides is 1.